The number of nitrogens with one attached hydrogen (secondary N) is 1. The molecule has 2 aromatic carbocycles. The highest BCUT2D eigenvalue weighted by molar-refractivity contribution is 5.95. The van der Waals surface area contributed by atoms with Gasteiger partial charge < -0.3 is 14.8 Å². The first-order chi connectivity index (χ1) is 11.4. The second-order valence-electron chi connectivity index (χ2n) is 5.68. The summed E-state index contributed by atoms with van der Waals surface area (Å²) in [4.78, 5) is 23.7. The number of hydrogen-bond acceptors (Lipinski definition) is 4. The third-order valence-corrected chi connectivity index (χ3v) is 3.13. The Balaban J connectivity index is 1.83. The van der Waals surface area contributed by atoms with Crippen molar-refractivity contribution in [2.75, 3.05) is 11.9 Å². The number of aryl methyl sites for hydroxylation is 1. The SMILES string of the molecule is Cc1ccc(NC(=O)COC(=O)c2ccc(OC(C)C)cc2)cc1. The van der Waals surface area contributed by atoms with Gasteiger partial charge in [0.05, 0.1) is 11.7 Å². The van der Waals surface area contributed by atoms with Crippen LogP contribution in [0.15, 0.2) is 48.5 Å². The molecular formula is C19H21NO4. The van der Waals surface area contributed by atoms with Gasteiger partial charge in [0.25, 0.3) is 5.91 Å². The Labute approximate surface area is 141 Å². The van der Waals surface area contributed by atoms with Gasteiger partial charge >= 0.3 is 5.97 Å². The van der Waals surface area contributed by atoms with E-state index in [4.69, 9.17) is 9.47 Å². The van der Waals surface area contributed by atoms with Crippen LogP contribution in [0.25, 0.3) is 0 Å². The van der Waals surface area contributed by atoms with E-state index in [9.17, 15) is 9.59 Å². The van der Waals surface area contributed by atoms with Crippen LogP contribution < -0.4 is 10.1 Å². The molecule has 0 atom stereocenters. The predicted molar refractivity (Wildman–Crippen MR) is 92.3 cm³/mol. The van der Waals surface area contributed by atoms with E-state index in [1.165, 1.54) is 0 Å². The van der Waals surface area contributed by atoms with Crippen LogP contribution in [0, 0.1) is 6.92 Å². The van der Waals surface area contributed by atoms with Crippen molar-refractivity contribution in [3.63, 3.8) is 0 Å². The summed E-state index contributed by atoms with van der Waals surface area (Å²) in [5, 5.41) is 2.67. The van der Waals surface area contributed by atoms with E-state index in [0.717, 1.165) is 5.56 Å². The molecule has 0 aromatic heterocycles. The first kappa shape index (κ1) is 17.5. The van der Waals surface area contributed by atoms with Crippen molar-refractivity contribution >= 4 is 17.6 Å². The van der Waals surface area contributed by atoms with E-state index in [0.29, 0.717) is 17.0 Å². The molecule has 126 valence electrons. The summed E-state index contributed by atoms with van der Waals surface area (Å²) in [5.74, 6) is -0.254. The third-order valence-electron chi connectivity index (χ3n) is 3.13. The smallest absolute Gasteiger partial charge is 0.338 e. The van der Waals surface area contributed by atoms with Gasteiger partial charge in [0.15, 0.2) is 6.61 Å². The summed E-state index contributed by atoms with van der Waals surface area (Å²) in [6, 6.07) is 14.0. The maximum atomic E-state index is 11.9. The Kier molecular flexibility index (Phi) is 5.95. The topological polar surface area (TPSA) is 64.6 Å². The highest BCUT2D eigenvalue weighted by Gasteiger charge is 2.11. The molecule has 5 nitrogen and oxygen atoms in total. The minimum atomic E-state index is -0.551. The first-order valence-corrected chi connectivity index (χ1v) is 7.74. The van der Waals surface area contributed by atoms with Gasteiger partial charge in [-0.3, -0.25) is 4.79 Å². The zero-order chi connectivity index (χ0) is 17.5. The van der Waals surface area contributed by atoms with Gasteiger partial charge in [-0.1, -0.05) is 17.7 Å². The Hall–Kier alpha value is -2.82. The first-order valence-electron chi connectivity index (χ1n) is 7.74. The average molecular weight is 327 g/mol. The number of benzene rings is 2. The molecule has 2 rings (SSSR count). The number of anilines is 1. The van der Waals surface area contributed by atoms with Crippen molar-refractivity contribution in [1.82, 2.24) is 0 Å². The molecule has 0 saturated carbocycles. The molecule has 0 fully saturated rings. The summed E-state index contributed by atoms with van der Waals surface area (Å²) in [5.41, 5.74) is 2.13. The van der Waals surface area contributed by atoms with Crippen molar-refractivity contribution in [1.29, 1.82) is 0 Å². The molecule has 0 aliphatic carbocycles. The van der Waals surface area contributed by atoms with Crippen LogP contribution >= 0.6 is 0 Å². The summed E-state index contributed by atoms with van der Waals surface area (Å²) in [6.07, 6.45) is 0.0632. The van der Waals surface area contributed by atoms with Gasteiger partial charge in [0, 0.05) is 5.69 Å². The average Bonchev–Trinajstić information content (AvgIpc) is 2.55. The van der Waals surface area contributed by atoms with Gasteiger partial charge in [-0.05, 0) is 57.2 Å². The monoisotopic (exact) mass is 327 g/mol. The molecular weight excluding hydrogens is 306 g/mol. The molecule has 0 spiro atoms. The second kappa shape index (κ2) is 8.15. The fourth-order valence-electron chi connectivity index (χ4n) is 1.99. The summed E-state index contributed by atoms with van der Waals surface area (Å²) < 4.78 is 10.5. The van der Waals surface area contributed by atoms with Crippen LogP contribution in [-0.2, 0) is 9.53 Å². The Morgan fingerprint density at radius 2 is 1.62 bits per heavy atom. The summed E-state index contributed by atoms with van der Waals surface area (Å²) >= 11 is 0. The number of amides is 1. The van der Waals surface area contributed by atoms with Crippen molar-refractivity contribution in [2.45, 2.75) is 26.9 Å². The van der Waals surface area contributed by atoms with E-state index in [2.05, 4.69) is 5.32 Å². The standard InChI is InChI=1S/C19H21NO4/c1-13(2)24-17-10-6-15(7-11-17)19(22)23-12-18(21)20-16-8-4-14(3)5-9-16/h4-11,13H,12H2,1-3H3,(H,20,21). The number of carbonyl (C=O) groups excluding carboxylic acids is 2. The lowest BCUT2D eigenvalue weighted by Crippen LogP contribution is -2.20. The molecule has 2 aromatic rings. The zero-order valence-corrected chi connectivity index (χ0v) is 14.0. The molecule has 0 bridgehead atoms. The van der Waals surface area contributed by atoms with E-state index in [-0.39, 0.29) is 18.6 Å². The number of carbonyl (C=O) groups is 2. The lowest BCUT2D eigenvalue weighted by atomic mass is 10.2. The molecule has 0 saturated heterocycles. The van der Waals surface area contributed by atoms with Crippen molar-refractivity contribution in [3.05, 3.63) is 59.7 Å². The maximum absolute atomic E-state index is 11.9. The lowest BCUT2D eigenvalue weighted by molar-refractivity contribution is -0.119. The van der Waals surface area contributed by atoms with E-state index in [1.54, 1.807) is 36.4 Å². The third kappa shape index (κ3) is 5.43. The van der Waals surface area contributed by atoms with Crippen molar-refractivity contribution < 1.29 is 19.1 Å². The van der Waals surface area contributed by atoms with Crippen LogP contribution in [0.5, 0.6) is 5.75 Å². The maximum Gasteiger partial charge on any atom is 0.338 e. The van der Waals surface area contributed by atoms with Gasteiger partial charge in [0.2, 0.25) is 0 Å². The summed E-state index contributed by atoms with van der Waals surface area (Å²) in [7, 11) is 0. The molecule has 0 radical (unpaired) electrons. The number of esters is 1. The number of hydrogen-bond donors (Lipinski definition) is 1. The quantitative estimate of drug-likeness (QED) is 0.824. The minimum absolute atomic E-state index is 0.0632. The predicted octanol–water partition coefficient (Wildman–Crippen LogP) is 3.58. The van der Waals surface area contributed by atoms with Crippen LogP contribution in [0.3, 0.4) is 0 Å². The molecule has 0 aliphatic rings. The molecule has 1 amide bonds. The fourth-order valence-corrected chi connectivity index (χ4v) is 1.99. The Morgan fingerprint density at radius 3 is 2.21 bits per heavy atom. The molecule has 24 heavy (non-hydrogen) atoms. The Morgan fingerprint density at radius 1 is 1.00 bits per heavy atom. The Bertz CT molecular complexity index is 690. The largest absolute Gasteiger partial charge is 0.491 e. The second-order valence-corrected chi connectivity index (χ2v) is 5.68. The van der Waals surface area contributed by atoms with E-state index >= 15 is 0 Å². The molecule has 0 aliphatic heterocycles. The van der Waals surface area contributed by atoms with Gasteiger partial charge in [-0.25, -0.2) is 4.79 Å². The van der Waals surface area contributed by atoms with Crippen molar-refractivity contribution in [3.8, 4) is 5.75 Å². The van der Waals surface area contributed by atoms with Crippen LogP contribution in [0.4, 0.5) is 5.69 Å². The number of rotatable bonds is 6. The van der Waals surface area contributed by atoms with Gasteiger partial charge in [0.1, 0.15) is 5.75 Å². The lowest BCUT2D eigenvalue weighted by Gasteiger charge is -2.10. The molecule has 5 heteroatoms. The summed E-state index contributed by atoms with van der Waals surface area (Å²) in [6.45, 7) is 5.48. The fraction of sp³-hybridized carbons (Fsp3) is 0.263. The number of ether oxygens (including phenoxy) is 2. The van der Waals surface area contributed by atoms with Crippen molar-refractivity contribution in [2.24, 2.45) is 0 Å². The van der Waals surface area contributed by atoms with Gasteiger partial charge in [-0.2, -0.15) is 0 Å². The van der Waals surface area contributed by atoms with Crippen LogP contribution in [-0.4, -0.2) is 24.6 Å². The van der Waals surface area contributed by atoms with E-state index in [1.807, 2.05) is 32.9 Å². The molecule has 0 heterocycles. The highest BCUT2D eigenvalue weighted by atomic mass is 16.5. The molecule has 0 unspecified atom stereocenters. The zero-order valence-electron chi connectivity index (χ0n) is 14.0. The molecule has 1 N–H and O–H groups in total. The minimum Gasteiger partial charge on any atom is -0.491 e. The van der Waals surface area contributed by atoms with Gasteiger partial charge in [-0.15, -0.1) is 0 Å². The van der Waals surface area contributed by atoms with Crippen LogP contribution in [0.1, 0.15) is 29.8 Å². The normalized spacial score (nSPS) is 10.3. The van der Waals surface area contributed by atoms with E-state index < -0.39 is 5.97 Å². The van der Waals surface area contributed by atoms with Crippen LogP contribution in [0.2, 0.25) is 0 Å². The highest BCUT2D eigenvalue weighted by Crippen LogP contribution is 2.14.